The molecule has 6 heteroatoms. The topological polar surface area (TPSA) is 40.1 Å². The van der Waals surface area contributed by atoms with Gasteiger partial charge in [0.25, 0.3) is 0 Å². The average Bonchev–Trinajstić information content (AvgIpc) is 0.722. The maximum absolute atomic E-state index is 10.0. The predicted molar refractivity (Wildman–Crippen MR) is 15.6 cm³/mol. The summed E-state index contributed by atoms with van der Waals surface area (Å²) in [4.78, 5) is 8.33. The second-order valence-electron chi connectivity index (χ2n) is 0.414. The Hall–Kier alpha value is 0.582. The van der Waals surface area contributed by atoms with E-state index in [1.165, 1.54) is 0 Å². The van der Waals surface area contributed by atoms with Crippen LogP contribution in [0.15, 0.2) is 0 Å². The van der Waals surface area contributed by atoms with E-state index in [2.05, 4.69) is 0 Å². The summed E-state index contributed by atoms with van der Waals surface area (Å²) in [5, 5.41) is 0. The summed E-state index contributed by atoms with van der Waals surface area (Å²) >= 11 is 0. The van der Waals surface area contributed by atoms with Crippen molar-refractivity contribution in [2.75, 3.05) is 0 Å². The molecule has 0 saturated carbocycles. The summed E-state index contributed by atoms with van der Waals surface area (Å²) < 4.78 is 28.4. The predicted octanol–water partition coefficient (Wildman–Crippen LogP) is 0.0130. The van der Waals surface area contributed by atoms with Crippen LogP contribution in [0.3, 0.4) is 0 Å². The summed E-state index contributed by atoms with van der Waals surface area (Å²) in [5.41, 5.74) is 0. The summed E-state index contributed by atoms with van der Waals surface area (Å²) in [6.45, 7) is 0. The molecule has 0 aliphatic rings. The second-order valence-corrected chi connectivity index (χ2v) is 1.24. The van der Waals surface area contributed by atoms with Gasteiger partial charge in [-0.2, -0.15) is 8.39 Å². The van der Waals surface area contributed by atoms with Crippen molar-refractivity contribution in [1.29, 1.82) is 0 Å². The van der Waals surface area contributed by atoms with Crippen LogP contribution in [-0.4, -0.2) is 17.4 Å². The molecule has 0 fully saturated rings. The Kier molecular flexibility index (Phi) is 4.40. The molecule has 0 atom stereocenters. The molecule has 0 heterocycles. The van der Waals surface area contributed by atoms with Gasteiger partial charge in [0.1, 0.15) is 0 Å². The van der Waals surface area contributed by atoms with Gasteiger partial charge in [-0.3, -0.25) is 4.57 Å². The van der Waals surface area contributed by atoms with Crippen molar-refractivity contribution < 1.29 is 17.9 Å². The normalized spacial score (nSPS) is 9.83. The Morgan fingerprint density at radius 2 is 1.50 bits per heavy atom. The first-order valence-corrected chi connectivity index (χ1v) is 2.11. The van der Waals surface area contributed by atoms with Gasteiger partial charge in [-0.05, 0) is 0 Å². The molecule has 0 aliphatic heterocycles. The van der Waals surface area contributed by atoms with Gasteiger partial charge in [0.05, 0.1) is 0 Å². The molecule has 0 unspecified atom stereocenters. The van der Waals surface area contributed by atoms with E-state index in [-0.39, 0.29) is 17.4 Å². The maximum atomic E-state index is 10.0. The third kappa shape index (κ3) is 173. The molecular formula is AlF2O2P+2. The van der Waals surface area contributed by atoms with Crippen LogP contribution < -0.4 is 4.89 Å². The van der Waals surface area contributed by atoms with Gasteiger partial charge >= 0.3 is 25.4 Å². The third-order valence-corrected chi connectivity index (χ3v) is 0. The fraction of sp³-hybridized carbons (Fsp3) is 0. The average molecular weight is 128 g/mol. The van der Waals surface area contributed by atoms with Crippen LogP contribution >= 0.6 is 7.99 Å². The Morgan fingerprint density at radius 1 is 1.50 bits per heavy atom. The third-order valence-electron chi connectivity index (χ3n) is 0. The van der Waals surface area contributed by atoms with Crippen LogP contribution in [0.4, 0.5) is 8.39 Å². The van der Waals surface area contributed by atoms with E-state index in [0.717, 1.165) is 0 Å². The van der Waals surface area contributed by atoms with Crippen molar-refractivity contribution in [2.24, 2.45) is 0 Å². The molecule has 0 aromatic heterocycles. The number of hydrogen-bond donors (Lipinski definition) is 0. The maximum Gasteiger partial charge on any atom is 3.00 e. The molecule has 32 valence electrons. The zero-order chi connectivity index (χ0) is 4.50. The first kappa shape index (κ1) is 9.77. The van der Waals surface area contributed by atoms with E-state index < -0.39 is 7.99 Å². The minimum absolute atomic E-state index is 0. The molecule has 0 aromatic rings. The summed E-state index contributed by atoms with van der Waals surface area (Å²) in [6, 6.07) is 0. The first-order valence-electron chi connectivity index (χ1n) is 0.703. The van der Waals surface area contributed by atoms with Gasteiger partial charge in [-0.15, -0.1) is 0 Å². The van der Waals surface area contributed by atoms with Crippen molar-refractivity contribution in [2.45, 2.75) is 0 Å². The van der Waals surface area contributed by atoms with E-state index in [1.54, 1.807) is 0 Å². The van der Waals surface area contributed by atoms with Crippen LogP contribution in [0, 0.1) is 0 Å². The van der Waals surface area contributed by atoms with Crippen LogP contribution in [0.25, 0.3) is 0 Å². The monoisotopic (exact) mass is 128 g/mol. The zero-order valence-corrected chi connectivity index (χ0v) is 4.65. The molecule has 0 bridgehead atoms. The van der Waals surface area contributed by atoms with E-state index in [9.17, 15) is 8.39 Å². The van der Waals surface area contributed by atoms with Gasteiger partial charge in [-0.25, -0.2) is 0 Å². The number of hydrogen-bond acceptors (Lipinski definition) is 2. The van der Waals surface area contributed by atoms with E-state index in [1.807, 2.05) is 0 Å². The van der Waals surface area contributed by atoms with Crippen molar-refractivity contribution in [1.82, 2.24) is 0 Å². The van der Waals surface area contributed by atoms with Crippen molar-refractivity contribution in [3.63, 3.8) is 0 Å². The van der Waals surface area contributed by atoms with Gasteiger partial charge in [0, 0.05) is 0 Å². The quantitative estimate of drug-likeness (QED) is 0.340. The molecular weight excluding hydrogens is 128 g/mol. The Morgan fingerprint density at radius 3 is 1.50 bits per heavy atom. The van der Waals surface area contributed by atoms with Crippen LogP contribution in [0.2, 0.25) is 0 Å². The Bertz CT molecular complexity index is 57.7. The standard InChI is InChI=1S/Al.F2HO2P/c;1-5(2,3)4/h;(H,3,4)/q+3;/p-1. The summed E-state index contributed by atoms with van der Waals surface area (Å²) in [7, 11) is -5.89. The molecule has 0 radical (unpaired) electrons. The summed E-state index contributed by atoms with van der Waals surface area (Å²) in [5.74, 6) is 0. The van der Waals surface area contributed by atoms with Gasteiger partial charge in [-0.1, -0.05) is 0 Å². The van der Waals surface area contributed by atoms with Crippen LogP contribution in [0.5, 0.6) is 0 Å². The SMILES string of the molecule is O=P([O-])(F)F.[Al+3]. The Labute approximate surface area is 44.0 Å². The van der Waals surface area contributed by atoms with E-state index in [4.69, 9.17) is 9.46 Å². The van der Waals surface area contributed by atoms with Crippen LogP contribution in [-0.2, 0) is 4.57 Å². The first-order chi connectivity index (χ1) is 2.00. The number of rotatable bonds is 0. The zero-order valence-electron chi connectivity index (χ0n) is 2.60. The fourth-order valence-corrected chi connectivity index (χ4v) is 0. The largest absolute Gasteiger partial charge is 3.00 e. The van der Waals surface area contributed by atoms with Gasteiger partial charge in [0.15, 0.2) is 0 Å². The molecule has 0 aliphatic carbocycles. The van der Waals surface area contributed by atoms with E-state index >= 15 is 0 Å². The molecule has 2 nitrogen and oxygen atoms in total. The fourth-order valence-electron chi connectivity index (χ4n) is 0. The van der Waals surface area contributed by atoms with E-state index in [0.29, 0.717) is 0 Å². The van der Waals surface area contributed by atoms with Crippen molar-refractivity contribution in [3.05, 3.63) is 0 Å². The molecule has 0 saturated heterocycles. The molecule has 0 aromatic carbocycles. The van der Waals surface area contributed by atoms with Crippen LogP contribution in [0.1, 0.15) is 0 Å². The van der Waals surface area contributed by atoms with Gasteiger partial charge < -0.3 is 4.89 Å². The molecule has 0 amide bonds. The Balaban J connectivity index is 0. The number of halogens is 2. The minimum Gasteiger partial charge on any atom is -0.749 e. The second kappa shape index (κ2) is 2.71. The smallest absolute Gasteiger partial charge is 0.749 e. The van der Waals surface area contributed by atoms with Crippen molar-refractivity contribution >= 4 is 25.4 Å². The van der Waals surface area contributed by atoms with Gasteiger partial charge in [0.2, 0.25) is 0 Å². The molecule has 0 spiro atoms. The molecule has 0 rings (SSSR count). The van der Waals surface area contributed by atoms with Crippen molar-refractivity contribution in [3.8, 4) is 0 Å². The molecule has 0 N–H and O–H groups in total. The minimum atomic E-state index is -5.89. The molecule has 6 heavy (non-hydrogen) atoms. The summed E-state index contributed by atoms with van der Waals surface area (Å²) in [6.07, 6.45) is 0.